The van der Waals surface area contributed by atoms with Crippen molar-refractivity contribution < 1.29 is 27.8 Å². The van der Waals surface area contributed by atoms with Crippen LogP contribution in [0.25, 0.3) is 0 Å². The van der Waals surface area contributed by atoms with Gasteiger partial charge in [-0.2, -0.15) is 13.2 Å². The Hall–Kier alpha value is -0.780. The number of fused-ring (bicyclic) bond motifs is 1. The summed E-state index contributed by atoms with van der Waals surface area (Å²) in [6.45, 7) is -1.69. The molecule has 0 saturated heterocycles. The first kappa shape index (κ1) is 11.7. The molecule has 0 heterocycles. The molecule has 0 radical (unpaired) electrons. The van der Waals surface area contributed by atoms with E-state index in [-0.39, 0.29) is 6.61 Å². The molecule has 0 amide bonds. The molecule has 2 atom stereocenters. The van der Waals surface area contributed by atoms with Crippen molar-refractivity contribution in [2.75, 3.05) is 13.2 Å². The molecule has 0 aromatic heterocycles. The van der Waals surface area contributed by atoms with Crippen molar-refractivity contribution in [3.63, 3.8) is 0 Å². The average molecular weight is 238 g/mol. The summed E-state index contributed by atoms with van der Waals surface area (Å²) in [4.78, 5) is 11.1. The van der Waals surface area contributed by atoms with E-state index in [9.17, 15) is 18.0 Å². The molecule has 92 valence electrons. The number of halogens is 3. The minimum absolute atomic E-state index is 0.325. The highest BCUT2D eigenvalue weighted by molar-refractivity contribution is 5.75. The predicted molar refractivity (Wildman–Crippen MR) is 47.8 cm³/mol. The van der Waals surface area contributed by atoms with Gasteiger partial charge in [-0.3, -0.25) is 4.79 Å². The molecule has 16 heavy (non-hydrogen) atoms. The second kappa shape index (κ2) is 3.61. The fraction of sp³-hybridized carbons (Fsp3) is 0.900. The summed E-state index contributed by atoms with van der Waals surface area (Å²) in [6.07, 6.45) is -2.44. The van der Waals surface area contributed by atoms with Gasteiger partial charge in [0.15, 0.2) is 0 Å². The molecule has 2 aliphatic rings. The third-order valence-electron chi connectivity index (χ3n) is 3.47. The van der Waals surface area contributed by atoms with Gasteiger partial charge in [0, 0.05) is 0 Å². The van der Waals surface area contributed by atoms with E-state index in [4.69, 9.17) is 5.11 Å². The summed E-state index contributed by atoms with van der Waals surface area (Å²) in [5.41, 5.74) is -1.07. The Labute approximate surface area is 90.6 Å². The van der Waals surface area contributed by atoms with Crippen LogP contribution in [-0.2, 0) is 9.53 Å². The topological polar surface area (TPSA) is 46.5 Å². The number of hydrogen-bond donors (Lipinski definition) is 1. The predicted octanol–water partition coefficient (Wildman–Crippen LogP) is 2.07. The molecule has 0 spiro atoms. The second-order valence-corrected chi connectivity index (χ2v) is 4.86. The summed E-state index contributed by atoms with van der Waals surface area (Å²) in [5.74, 6) is -0.238. The van der Waals surface area contributed by atoms with Gasteiger partial charge in [-0.1, -0.05) is 0 Å². The largest absolute Gasteiger partial charge is 0.481 e. The van der Waals surface area contributed by atoms with Crippen LogP contribution in [0.1, 0.15) is 19.3 Å². The Morgan fingerprint density at radius 3 is 2.38 bits per heavy atom. The third-order valence-corrected chi connectivity index (χ3v) is 3.47. The van der Waals surface area contributed by atoms with Crippen LogP contribution in [-0.4, -0.2) is 30.5 Å². The van der Waals surface area contributed by atoms with Gasteiger partial charge in [0.1, 0.15) is 6.61 Å². The van der Waals surface area contributed by atoms with Crippen LogP contribution in [0.3, 0.4) is 0 Å². The van der Waals surface area contributed by atoms with Gasteiger partial charge >= 0.3 is 12.1 Å². The maximum absolute atomic E-state index is 11.9. The highest BCUT2D eigenvalue weighted by atomic mass is 19.4. The van der Waals surface area contributed by atoms with E-state index in [1.165, 1.54) is 0 Å². The van der Waals surface area contributed by atoms with Gasteiger partial charge in [0.05, 0.1) is 12.0 Å². The van der Waals surface area contributed by atoms with E-state index in [1.807, 2.05) is 0 Å². The molecule has 2 rings (SSSR count). The first-order valence-electron chi connectivity index (χ1n) is 5.20. The highest BCUT2D eigenvalue weighted by Crippen LogP contribution is 2.60. The number of hydrogen-bond acceptors (Lipinski definition) is 2. The fourth-order valence-corrected chi connectivity index (χ4v) is 2.61. The van der Waals surface area contributed by atoms with Gasteiger partial charge in [-0.25, -0.2) is 0 Å². The smallest absolute Gasteiger partial charge is 0.411 e. The maximum Gasteiger partial charge on any atom is 0.411 e. The minimum Gasteiger partial charge on any atom is -0.481 e. The second-order valence-electron chi connectivity index (χ2n) is 4.86. The van der Waals surface area contributed by atoms with E-state index >= 15 is 0 Å². The van der Waals surface area contributed by atoms with Crippen LogP contribution in [0.4, 0.5) is 13.2 Å². The third kappa shape index (κ3) is 2.31. The van der Waals surface area contributed by atoms with E-state index in [0.29, 0.717) is 24.7 Å². The van der Waals surface area contributed by atoms with Crippen LogP contribution in [0.15, 0.2) is 0 Å². The van der Waals surface area contributed by atoms with Crippen LogP contribution in [0.5, 0.6) is 0 Å². The number of rotatable bonds is 4. The fourth-order valence-electron chi connectivity index (χ4n) is 2.61. The molecule has 0 bridgehead atoms. The Balaban J connectivity index is 1.87. The van der Waals surface area contributed by atoms with Gasteiger partial charge in [0.2, 0.25) is 0 Å². The number of carboxylic acids is 1. The summed E-state index contributed by atoms with van der Waals surface area (Å²) in [7, 11) is 0. The van der Waals surface area contributed by atoms with Crippen molar-refractivity contribution in [3.05, 3.63) is 0 Å². The van der Waals surface area contributed by atoms with Gasteiger partial charge < -0.3 is 9.84 Å². The molecule has 0 aromatic rings. The molecule has 0 aromatic carbocycles. The standard InChI is InChI=1S/C10H13F3O3/c11-10(12,13)5-16-4-9(8(14)15)2-6-1-7(6)3-9/h6-7H,1-5H2,(H,14,15). The lowest BCUT2D eigenvalue weighted by atomic mass is 9.84. The number of ether oxygens (including phenoxy) is 1. The van der Waals surface area contributed by atoms with Crippen LogP contribution in [0, 0.1) is 17.3 Å². The molecule has 2 saturated carbocycles. The van der Waals surface area contributed by atoms with Crippen molar-refractivity contribution in [3.8, 4) is 0 Å². The van der Waals surface area contributed by atoms with E-state index < -0.39 is 24.2 Å². The number of aliphatic carboxylic acids is 1. The zero-order valence-electron chi connectivity index (χ0n) is 8.59. The zero-order valence-corrected chi connectivity index (χ0v) is 8.59. The summed E-state index contributed by atoms with van der Waals surface area (Å²) in [6, 6.07) is 0. The maximum atomic E-state index is 11.9. The van der Waals surface area contributed by atoms with E-state index in [0.717, 1.165) is 6.42 Å². The molecule has 1 N–H and O–H groups in total. The summed E-state index contributed by atoms with van der Waals surface area (Å²) < 4.78 is 40.1. The molecule has 2 unspecified atom stereocenters. The molecule has 3 nitrogen and oxygen atoms in total. The highest BCUT2D eigenvalue weighted by Gasteiger charge is 2.57. The van der Waals surface area contributed by atoms with Gasteiger partial charge in [-0.15, -0.1) is 0 Å². The summed E-state index contributed by atoms with van der Waals surface area (Å²) in [5, 5.41) is 9.07. The molecular formula is C10H13F3O3. The van der Waals surface area contributed by atoms with Crippen molar-refractivity contribution in [1.29, 1.82) is 0 Å². The number of carbonyl (C=O) groups is 1. The van der Waals surface area contributed by atoms with Crippen molar-refractivity contribution >= 4 is 5.97 Å². The van der Waals surface area contributed by atoms with E-state index in [2.05, 4.69) is 4.74 Å². The number of carboxylic acid groups (broad SMARTS) is 1. The summed E-state index contributed by atoms with van der Waals surface area (Å²) >= 11 is 0. The van der Waals surface area contributed by atoms with Crippen molar-refractivity contribution in [2.24, 2.45) is 17.3 Å². The molecule has 2 fully saturated rings. The number of alkyl halides is 3. The van der Waals surface area contributed by atoms with Crippen molar-refractivity contribution in [2.45, 2.75) is 25.4 Å². The van der Waals surface area contributed by atoms with Gasteiger partial charge in [0.25, 0.3) is 0 Å². The Bertz CT molecular complexity index is 290. The molecule has 2 aliphatic carbocycles. The first-order valence-corrected chi connectivity index (χ1v) is 5.20. The lowest BCUT2D eigenvalue weighted by Crippen LogP contribution is -2.36. The van der Waals surface area contributed by atoms with E-state index in [1.54, 1.807) is 0 Å². The Morgan fingerprint density at radius 1 is 1.38 bits per heavy atom. The first-order chi connectivity index (χ1) is 7.32. The SMILES string of the molecule is O=C(O)C1(COCC(F)(F)F)CC2CC2C1. The lowest BCUT2D eigenvalue weighted by molar-refractivity contribution is -0.186. The van der Waals surface area contributed by atoms with Crippen LogP contribution < -0.4 is 0 Å². The van der Waals surface area contributed by atoms with Crippen LogP contribution >= 0.6 is 0 Å². The Morgan fingerprint density at radius 2 is 1.94 bits per heavy atom. The molecule has 0 aliphatic heterocycles. The minimum atomic E-state index is -4.39. The zero-order chi connectivity index (χ0) is 12.0. The average Bonchev–Trinajstić information content (AvgIpc) is 2.72. The Kier molecular flexibility index (Phi) is 2.64. The quantitative estimate of drug-likeness (QED) is 0.815. The monoisotopic (exact) mass is 238 g/mol. The normalized spacial score (nSPS) is 37.2. The van der Waals surface area contributed by atoms with Crippen molar-refractivity contribution in [1.82, 2.24) is 0 Å². The molecule has 6 heteroatoms. The molecular weight excluding hydrogens is 225 g/mol. The van der Waals surface area contributed by atoms with Crippen LogP contribution in [0.2, 0.25) is 0 Å². The lowest BCUT2D eigenvalue weighted by Gasteiger charge is -2.25. The van der Waals surface area contributed by atoms with Gasteiger partial charge in [-0.05, 0) is 31.1 Å².